The van der Waals surface area contributed by atoms with Crippen molar-refractivity contribution in [1.82, 2.24) is 10.6 Å². The molecule has 0 aromatic rings. The lowest BCUT2D eigenvalue weighted by Crippen LogP contribution is -2.32. The minimum absolute atomic E-state index is 0.0380. The third-order valence-electron chi connectivity index (χ3n) is 3.00. The molecule has 0 saturated heterocycles. The van der Waals surface area contributed by atoms with Gasteiger partial charge < -0.3 is 29.6 Å². The number of alkyl carbamates (subject to hydrolysis) is 1. The van der Waals surface area contributed by atoms with Gasteiger partial charge in [-0.1, -0.05) is 21.6 Å². The molecule has 160 valence electrons. The second-order valence-electron chi connectivity index (χ2n) is 6.02. The van der Waals surface area contributed by atoms with E-state index in [0.717, 1.165) is 0 Å². The molecular weight excluding hydrogens is 392 g/mol. The quantitative estimate of drug-likeness (QED) is 0.270. The predicted molar refractivity (Wildman–Crippen MR) is 110 cm³/mol. The molecular formula is C17H34N2O6S2. The molecule has 10 heteroatoms. The zero-order chi connectivity index (χ0) is 20.4. The van der Waals surface area contributed by atoms with E-state index in [4.69, 9.17) is 18.9 Å². The first kappa shape index (κ1) is 26.3. The largest absolute Gasteiger partial charge is 0.450 e. The fraction of sp³-hybridized carbons (Fsp3) is 0.882. The summed E-state index contributed by atoms with van der Waals surface area (Å²) in [7, 11) is 3.37. The van der Waals surface area contributed by atoms with E-state index < -0.39 is 6.09 Å². The van der Waals surface area contributed by atoms with Gasteiger partial charge in [-0.3, -0.25) is 4.79 Å². The van der Waals surface area contributed by atoms with Crippen molar-refractivity contribution in [2.75, 3.05) is 65.6 Å². The van der Waals surface area contributed by atoms with Crippen LogP contribution in [0.25, 0.3) is 0 Å². The number of carbonyl (C=O) groups is 2. The Morgan fingerprint density at radius 1 is 0.889 bits per heavy atom. The van der Waals surface area contributed by atoms with Crippen molar-refractivity contribution in [1.29, 1.82) is 0 Å². The third-order valence-corrected chi connectivity index (χ3v) is 5.61. The van der Waals surface area contributed by atoms with Crippen molar-refractivity contribution in [3.8, 4) is 0 Å². The smallest absolute Gasteiger partial charge is 0.407 e. The third kappa shape index (κ3) is 18.4. The predicted octanol–water partition coefficient (Wildman–Crippen LogP) is 2.08. The molecule has 0 rings (SSSR count). The number of rotatable bonds is 17. The highest BCUT2D eigenvalue weighted by molar-refractivity contribution is 8.76. The Morgan fingerprint density at radius 2 is 1.41 bits per heavy atom. The fourth-order valence-electron chi connectivity index (χ4n) is 1.92. The number of hydrogen-bond donors (Lipinski definition) is 2. The second-order valence-corrected chi connectivity index (χ2v) is 9.13. The Kier molecular flexibility index (Phi) is 17.0. The van der Waals surface area contributed by atoms with Crippen LogP contribution in [0.3, 0.4) is 0 Å². The van der Waals surface area contributed by atoms with Crippen LogP contribution in [0.5, 0.6) is 0 Å². The van der Waals surface area contributed by atoms with Gasteiger partial charge in [0.15, 0.2) is 0 Å². The first-order chi connectivity index (χ1) is 12.9. The van der Waals surface area contributed by atoms with Gasteiger partial charge in [-0.05, 0) is 27.0 Å². The van der Waals surface area contributed by atoms with E-state index in [9.17, 15) is 9.59 Å². The van der Waals surface area contributed by atoms with Crippen molar-refractivity contribution >= 4 is 33.6 Å². The maximum absolute atomic E-state index is 11.8. The summed E-state index contributed by atoms with van der Waals surface area (Å²) in [4.78, 5) is 22.8. The Balaban J connectivity index is 3.31. The number of nitrogens with one attached hydrogen (secondary N) is 2. The van der Waals surface area contributed by atoms with Crippen LogP contribution >= 0.6 is 21.6 Å². The van der Waals surface area contributed by atoms with E-state index in [1.807, 2.05) is 6.26 Å². The number of amides is 2. The van der Waals surface area contributed by atoms with E-state index in [0.29, 0.717) is 65.8 Å². The molecule has 0 aliphatic carbocycles. The van der Waals surface area contributed by atoms with Crippen LogP contribution in [0.2, 0.25) is 0 Å². The van der Waals surface area contributed by atoms with Gasteiger partial charge in [-0.2, -0.15) is 0 Å². The lowest BCUT2D eigenvalue weighted by Gasteiger charge is -2.21. The van der Waals surface area contributed by atoms with Gasteiger partial charge in [-0.25, -0.2) is 4.79 Å². The Bertz CT molecular complexity index is 400. The van der Waals surface area contributed by atoms with Gasteiger partial charge in [0.2, 0.25) is 5.91 Å². The molecule has 0 saturated carbocycles. The Labute approximate surface area is 170 Å². The van der Waals surface area contributed by atoms with Crippen LogP contribution in [0.4, 0.5) is 4.79 Å². The normalized spacial score (nSPS) is 11.3. The summed E-state index contributed by atoms with van der Waals surface area (Å²) in [5, 5.41) is 5.42. The molecule has 0 spiro atoms. The minimum Gasteiger partial charge on any atom is -0.450 e. The Hall–Kier alpha value is -0.680. The van der Waals surface area contributed by atoms with E-state index in [2.05, 4.69) is 24.5 Å². The molecule has 0 heterocycles. The van der Waals surface area contributed by atoms with Gasteiger partial charge in [0.25, 0.3) is 0 Å². The molecule has 0 radical (unpaired) electrons. The summed E-state index contributed by atoms with van der Waals surface area (Å²) < 4.78 is 20.7. The maximum Gasteiger partial charge on any atom is 0.407 e. The van der Waals surface area contributed by atoms with Gasteiger partial charge >= 0.3 is 6.09 Å². The minimum atomic E-state index is -0.437. The van der Waals surface area contributed by atoms with Gasteiger partial charge in [0.1, 0.15) is 0 Å². The number of ether oxygens (including phenoxy) is 4. The van der Waals surface area contributed by atoms with E-state index in [-0.39, 0.29) is 10.7 Å². The van der Waals surface area contributed by atoms with Gasteiger partial charge in [-0.15, -0.1) is 0 Å². The molecule has 2 amide bonds. The van der Waals surface area contributed by atoms with Crippen molar-refractivity contribution in [2.45, 2.75) is 31.9 Å². The molecule has 0 unspecified atom stereocenters. The molecule has 0 bridgehead atoms. The molecule has 8 nitrogen and oxygen atoms in total. The van der Waals surface area contributed by atoms with E-state index in [1.165, 1.54) is 0 Å². The summed E-state index contributed by atoms with van der Waals surface area (Å²) in [6, 6.07) is 0. The standard InChI is InChI=1S/C17H34N2O6S2/c1-5-25-16(21)19-7-9-23-11-13-24-12-10-22-8-6-18-15(20)14-17(2,3)27-26-4/h5-14H2,1-4H3,(H,18,20)(H,19,21). The van der Waals surface area contributed by atoms with Crippen molar-refractivity contribution in [3.05, 3.63) is 0 Å². The second kappa shape index (κ2) is 17.4. The average molecular weight is 427 g/mol. The summed E-state index contributed by atoms with van der Waals surface area (Å²) in [6.07, 6.45) is 2.06. The average Bonchev–Trinajstić information content (AvgIpc) is 2.58. The number of carbonyl (C=O) groups excluding carboxylic acids is 2. The van der Waals surface area contributed by atoms with Crippen LogP contribution in [0.15, 0.2) is 0 Å². The molecule has 0 fully saturated rings. The lowest BCUT2D eigenvalue weighted by atomic mass is 10.1. The highest BCUT2D eigenvalue weighted by Gasteiger charge is 2.22. The van der Waals surface area contributed by atoms with Crippen LogP contribution in [0.1, 0.15) is 27.2 Å². The summed E-state index contributed by atoms with van der Waals surface area (Å²) in [6.45, 7) is 9.83. The van der Waals surface area contributed by atoms with E-state index >= 15 is 0 Å². The highest BCUT2D eigenvalue weighted by atomic mass is 33.1. The first-order valence-corrected chi connectivity index (χ1v) is 11.6. The highest BCUT2D eigenvalue weighted by Crippen LogP contribution is 2.35. The first-order valence-electron chi connectivity index (χ1n) is 9.03. The number of hydrogen-bond acceptors (Lipinski definition) is 8. The molecule has 2 N–H and O–H groups in total. The summed E-state index contributed by atoms with van der Waals surface area (Å²) in [5.74, 6) is 0.0380. The van der Waals surface area contributed by atoms with Gasteiger partial charge in [0.05, 0.1) is 46.2 Å². The van der Waals surface area contributed by atoms with Crippen LogP contribution in [-0.4, -0.2) is 82.3 Å². The maximum atomic E-state index is 11.8. The fourth-order valence-corrected chi connectivity index (χ4v) is 4.09. The van der Waals surface area contributed by atoms with Crippen LogP contribution < -0.4 is 10.6 Å². The van der Waals surface area contributed by atoms with Crippen molar-refractivity contribution in [3.63, 3.8) is 0 Å². The van der Waals surface area contributed by atoms with Gasteiger partial charge in [0, 0.05) is 24.3 Å². The lowest BCUT2D eigenvalue weighted by molar-refractivity contribution is -0.121. The molecule has 0 atom stereocenters. The topological polar surface area (TPSA) is 95.1 Å². The summed E-state index contributed by atoms with van der Waals surface area (Å²) in [5.41, 5.74) is 0. The molecule has 0 aliphatic heterocycles. The van der Waals surface area contributed by atoms with Crippen LogP contribution in [0, 0.1) is 0 Å². The molecule has 27 heavy (non-hydrogen) atoms. The van der Waals surface area contributed by atoms with Crippen molar-refractivity contribution < 1.29 is 28.5 Å². The van der Waals surface area contributed by atoms with E-state index in [1.54, 1.807) is 28.5 Å². The molecule has 0 aromatic carbocycles. The SMILES string of the molecule is CCOC(=O)NCCOCCOCCOCCNC(=O)CC(C)(C)SSC. The van der Waals surface area contributed by atoms with Crippen molar-refractivity contribution in [2.24, 2.45) is 0 Å². The zero-order valence-electron chi connectivity index (χ0n) is 16.8. The monoisotopic (exact) mass is 426 g/mol. The van der Waals surface area contributed by atoms with Crippen LogP contribution in [-0.2, 0) is 23.7 Å². The molecule has 0 aliphatic rings. The zero-order valence-corrected chi connectivity index (χ0v) is 18.5. The molecule has 0 aromatic heterocycles. The summed E-state index contributed by atoms with van der Waals surface area (Å²) >= 11 is 0. The Morgan fingerprint density at radius 3 is 1.93 bits per heavy atom.